The van der Waals surface area contributed by atoms with E-state index in [1.54, 1.807) is 23.2 Å². The van der Waals surface area contributed by atoms with Gasteiger partial charge in [0.05, 0.1) is 23.8 Å². The van der Waals surface area contributed by atoms with E-state index in [1.807, 2.05) is 30.5 Å². The number of aryl methyl sites for hydroxylation is 2. The summed E-state index contributed by atoms with van der Waals surface area (Å²) < 4.78 is 77.4. The molecular formula is C34H30ClF7N8O6. The van der Waals surface area contributed by atoms with Crippen LogP contribution in [-0.4, -0.2) is 79.4 Å². The third-order valence-electron chi connectivity index (χ3n) is 7.77. The number of pyridine rings is 1. The molecule has 1 saturated heterocycles. The Kier molecular flexibility index (Phi) is 14.0. The zero-order valence-corrected chi connectivity index (χ0v) is 29.3. The van der Waals surface area contributed by atoms with Gasteiger partial charge in [-0.2, -0.15) is 31.3 Å². The number of halogens is 8. The number of carbonyl (C=O) groups excluding carboxylic acids is 2. The van der Waals surface area contributed by atoms with Crippen molar-refractivity contribution >= 4 is 70.0 Å². The maximum absolute atomic E-state index is 13.9. The molecule has 6 N–H and O–H groups in total. The zero-order valence-electron chi connectivity index (χ0n) is 28.5. The Balaban J connectivity index is 0.000000425. The van der Waals surface area contributed by atoms with Crippen LogP contribution < -0.4 is 21.3 Å². The summed E-state index contributed by atoms with van der Waals surface area (Å²) in [5.41, 5.74) is 4.33. The second-order valence-corrected chi connectivity index (χ2v) is 12.4. The van der Waals surface area contributed by atoms with Crippen molar-refractivity contribution in [3.63, 3.8) is 0 Å². The molecule has 6 rings (SSSR count). The van der Waals surface area contributed by atoms with Crippen LogP contribution in [0.1, 0.15) is 24.0 Å². The van der Waals surface area contributed by atoms with Crippen molar-refractivity contribution in [1.29, 1.82) is 0 Å². The molecule has 3 amide bonds. The summed E-state index contributed by atoms with van der Waals surface area (Å²) in [6, 6.07) is 13.4. The summed E-state index contributed by atoms with van der Waals surface area (Å²) in [6.07, 6.45) is -2.82. The van der Waals surface area contributed by atoms with Gasteiger partial charge in [-0.15, -0.1) is 0 Å². The molecule has 4 heterocycles. The summed E-state index contributed by atoms with van der Waals surface area (Å²) >= 11 is 6.36. The number of para-hydroxylation sites is 1. The average Bonchev–Trinajstić information content (AvgIpc) is 3.59. The van der Waals surface area contributed by atoms with Crippen LogP contribution in [0.5, 0.6) is 0 Å². The van der Waals surface area contributed by atoms with E-state index in [9.17, 15) is 40.3 Å². The Hall–Kier alpha value is -6.25. The van der Waals surface area contributed by atoms with Crippen molar-refractivity contribution in [2.45, 2.75) is 38.0 Å². The minimum atomic E-state index is -5.08. The molecule has 1 fully saturated rings. The first-order valence-corrected chi connectivity index (χ1v) is 16.5. The van der Waals surface area contributed by atoms with Crippen LogP contribution in [0.3, 0.4) is 0 Å². The van der Waals surface area contributed by atoms with Gasteiger partial charge in [0.25, 0.3) is 0 Å². The third-order valence-corrected chi connectivity index (χ3v) is 8.04. The summed E-state index contributed by atoms with van der Waals surface area (Å²) in [6.45, 7) is 0.918. The van der Waals surface area contributed by atoms with Gasteiger partial charge in [0.2, 0.25) is 11.9 Å². The average molecular weight is 815 g/mol. The lowest BCUT2D eigenvalue weighted by Crippen LogP contribution is -2.33. The molecule has 56 heavy (non-hydrogen) atoms. The standard InChI is InChI=1S/C30H28ClFN8O2.2C2HF3O2/c31-23-16-34-29-36-22-11-18(14-33-15-22)5-6-20-13-21(35-28(23)39-29)7-8-25(20)37-27(41)12-19-9-10-40(17-19)30(42)38-26-4-2-1-3-24(26)32;2*3-2(4,5)1(6)7/h1-4,7-8,11,13-16,19H,5-6,9-10,12,17H2,(H,37,41)(H,38,42)(H2,34,35,36,39);2*(H,6,7)/t19-;;/m1../s1. The predicted molar refractivity (Wildman–Crippen MR) is 187 cm³/mol. The molecule has 0 aliphatic carbocycles. The highest BCUT2D eigenvalue weighted by atomic mass is 35.5. The van der Waals surface area contributed by atoms with Crippen molar-refractivity contribution in [2.75, 3.05) is 34.4 Å². The van der Waals surface area contributed by atoms with Crippen LogP contribution in [0, 0.1) is 11.7 Å². The van der Waals surface area contributed by atoms with E-state index in [4.69, 9.17) is 31.4 Å². The number of carboxylic acids is 2. The highest BCUT2D eigenvalue weighted by Gasteiger charge is 2.39. The van der Waals surface area contributed by atoms with Crippen LogP contribution in [-0.2, 0) is 27.2 Å². The fraction of sp³-hybridized carbons (Fsp3) is 0.265. The molecule has 0 unspecified atom stereocenters. The Morgan fingerprint density at radius 1 is 0.857 bits per heavy atom. The van der Waals surface area contributed by atoms with Gasteiger partial charge in [0, 0.05) is 37.1 Å². The number of aliphatic carboxylic acids is 2. The molecule has 2 aliphatic heterocycles. The number of hydrogen-bond acceptors (Lipinski definition) is 9. The SMILES string of the molecule is O=C(C[C@H]1CCN(C(=O)Nc2ccccc2F)C1)Nc1ccc2cc1CCc1cncc(c1)Nc1ncc(Cl)c(n1)N2.O=C(O)C(F)(F)F.O=C(O)C(F)(F)F. The normalized spacial score (nSPS) is 14.6. The van der Waals surface area contributed by atoms with Crippen molar-refractivity contribution in [2.24, 2.45) is 5.92 Å². The number of rotatable bonds is 4. The number of alkyl halides is 6. The van der Waals surface area contributed by atoms with Gasteiger partial charge in [-0.1, -0.05) is 23.7 Å². The Morgan fingerprint density at radius 3 is 2.20 bits per heavy atom. The molecule has 0 spiro atoms. The van der Waals surface area contributed by atoms with E-state index in [0.29, 0.717) is 54.8 Å². The van der Waals surface area contributed by atoms with Crippen molar-refractivity contribution in [3.8, 4) is 0 Å². The van der Waals surface area contributed by atoms with Gasteiger partial charge in [0.15, 0.2) is 5.82 Å². The second-order valence-electron chi connectivity index (χ2n) is 12.0. The number of hydrogen-bond donors (Lipinski definition) is 6. The number of nitrogens with zero attached hydrogens (tertiary/aromatic N) is 4. The first-order chi connectivity index (χ1) is 26.3. The van der Waals surface area contributed by atoms with Crippen LogP contribution in [0.15, 0.2) is 67.1 Å². The summed E-state index contributed by atoms with van der Waals surface area (Å²) in [7, 11) is 0. The van der Waals surface area contributed by atoms with Crippen molar-refractivity contribution in [1.82, 2.24) is 19.9 Å². The molecule has 2 aliphatic rings. The number of carbonyl (C=O) groups is 4. The number of anilines is 6. The lowest BCUT2D eigenvalue weighted by Gasteiger charge is -2.18. The van der Waals surface area contributed by atoms with Crippen LogP contribution in [0.25, 0.3) is 0 Å². The molecule has 0 saturated carbocycles. The summed E-state index contributed by atoms with van der Waals surface area (Å²) in [5.74, 6) is -5.30. The Morgan fingerprint density at radius 2 is 1.54 bits per heavy atom. The number of amides is 3. The van der Waals surface area contributed by atoms with E-state index in [-0.39, 0.29) is 30.0 Å². The maximum atomic E-state index is 13.9. The Bertz CT molecular complexity index is 2050. The molecule has 22 heteroatoms. The van der Waals surface area contributed by atoms with Crippen LogP contribution in [0.2, 0.25) is 5.02 Å². The molecule has 14 nitrogen and oxygen atoms in total. The van der Waals surface area contributed by atoms with E-state index in [1.165, 1.54) is 18.3 Å². The smallest absolute Gasteiger partial charge is 0.475 e. The lowest BCUT2D eigenvalue weighted by molar-refractivity contribution is -0.193. The van der Waals surface area contributed by atoms with Crippen molar-refractivity contribution < 1.29 is 60.1 Å². The molecule has 6 bridgehead atoms. The monoisotopic (exact) mass is 814 g/mol. The van der Waals surface area contributed by atoms with E-state index >= 15 is 0 Å². The maximum Gasteiger partial charge on any atom is 0.490 e. The fourth-order valence-electron chi connectivity index (χ4n) is 5.16. The molecule has 1 atom stereocenters. The fourth-order valence-corrected chi connectivity index (χ4v) is 5.30. The van der Waals surface area contributed by atoms with Gasteiger partial charge in [-0.25, -0.2) is 23.8 Å². The first-order valence-electron chi connectivity index (χ1n) is 16.1. The van der Waals surface area contributed by atoms with Crippen LogP contribution >= 0.6 is 11.6 Å². The number of carboxylic acid groups (broad SMARTS) is 2. The third kappa shape index (κ3) is 12.7. The highest BCUT2D eigenvalue weighted by Crippen LogP contribution is 2.30. The number of fused-ring (bicyclic) bond motifs is 6. The van der Waals surface area contributed by atoms with E-state index < -0.39 is 30.1 Å². The summed E-state index contributed by atoms with van der Waals surface area (Å²) in [5, 5.41) is 26.7. The van der Waals surface area contributed by atoms with Gasteiger partial charge in [-0.05, 0) is 72.7 Å². The van der Waals surface area contributed by atoms with Crippen LogP contribution in [0.4, 0.5) is 70.0 Å². The molecule has 298 valence electrons. The van der Waals surface area contributed by atoms with Gasteiger partial charge < -0.3 is 36.4 Å². The van der Waals surface area contributed by atoms with Crippen molar-refractivity contribution in [3.05, 3.63) is 89.1 Å². The molecule has 2 aromatic heterocycles. The largest absolute Gasteiger partial charge is 0.490 e. The minimum Gasteiger partial charge on any atom is -0.475 e. The number of aromatic nitrogens is 3. The number of urea groups is 1. The molecular weight excluding hydrogens is 785 g/mol. The molecule has 2 aromatic carbocycles. The molecule has 4 aromatic rings. The highest BCUT2D eigenvalue weighted by molar-refractivity contribution is 6.32. The van der Waals surface area contributed by atoms with E-state index in [2.05, 4.69) is 36.2 Å². The number of nitrogens with one attached hydrogen (secondary N) is 4. The topological polar surface area (TPSA) is 199 Å². The zero-order chi connectivity index (χ0) is 41.2. The van der Waals surface area contributed by atoms with Gasteiger partial charge >= 0.3 is 30.3 Å². The summed E-state index contributed by atoms with van der Waals surface area (Å²) in [4.78, 5) is 58.3. The predicted octanol–water partition coefficient (Wildman–Crippen LogP) is 7.40. The Labute approximate surface area is 317 Å². The first kappa shape index (κ1) is 42.5. The number of benzene rings is 2. The lowest BCUT2D eigenvalue weighted by atomic mass is 10.0. The van der Waals surface area contributed by atoms with E-state index in [0.717, 1.165) is 22.5 Å². The number of likely N-dealkylation sites (tertiary alicyclic amines) is 1. The van der Waals surface area contributed by atoms with Gasteiger partial charge in [-0.3, -0.25) is 9.78 Å². The van der Waals surface area contributed by atoms with Gasteiger partial charge in [0.1, 0.15) is 10.8 Å². The second kappa shape index (κ2) is 18.4. The minimum absolute atomic E-state index is 0.00205. The molecule has 0 radical (unpaired) electrons. The quantitative estimate of drug-likeness (QED) is 0.112.